The fraction of sp³-hybridized carbons (Fsp3) is 0.250. The molecule has 0 aliphatic carbocycles. The average molecular weight is 270 g/mol. The molecule has 0 radical (unpaired) electrons. The van der Waals surface area contributed by atoms with Crippen LogP contribution in [0.5, 0.6) is 0 Å². The van der Waals surface area contributed by atoms with Crippen LogP contribution in [0.2, 0.25) is 0 Å². The summed E-state index contributed by atoms with van der Waals surface area (Å²) in [6.07, 6.45) is 2.21. The number of fused-ring (bicyclic) bond motifs is 1. The number of hydrogen-bond donors (Lipinski definition) is 2. The van der Waals surface area contributed by atoms with E-state index in [0.717, 1.165) is 16.7 Å². The number of tetrazole rings is 1. The minimum Gasteiger partial charge on any atom is -0.271 e. The summed E-state index contributed by atoms with van der Waals surface area (Å²) >= 11 is 0. The van der Waals surface area contributed by atoms with Gasteiger partial charge in [-0.1, -0.05) is 12.1 Å². The van der Waals surface area contributed by atoms with Crippen LogP contribution in [0, 0.1) is 0 Å². The molecule has 0 aliphatic heterocycles. The third kappa shape index (κ3) is 2.46. The first-order valence-corrected chi connectivity index (χ1v) is 6.17. The Bertz CT molecular complexity index is 722. The Morgan fingerprint density at radius 2 is 2.10 bits per heavy atom. The summed E-state index contributed by atoms with van der Waals surface area (Å²) < 4.78 is 0. The van der Waals surface area contributed by atoms with E-state index in [4.69, 9.17) is 5.84 Å². The van der Waals surface area contributed by atoms with Gasteiger partial charge in [-0.3, -0.25) is 16.3 Å². The number of aromatic nitrogens is 6. The van der Waals surface area contributed by atoms with Gasteiger partial charge in [-0.2, -0.15) is 4.80 Å². The molecule has 1 unspecified atom stereocenters. The van der Waals surface area contributed by atoms with E-state index >= 15 is 0 Å². The standard InChI is InChI=1S/C12H14N8/c1-20-18-12(17-19-20)6-10(16-13)11-7-14-8-4-2-3-5-9(8)15-11/h2-5,7,10,16H,6,13H2,1H3. The number of nitrogens with two attached hydrogens (primary N) is 1. The van der Waals surface area contributed by atoms with Gasteiger partial charge < -0.3 is 0 Å². The largest absolute Gasteiger partial charge is 0.271 e. The van der Waals surface area contributed by atoms with E-state index in [-0.39, 0.29) is 6.04 Å². The van der Waals surface area contributed by atoms with Gasteiger partial charge in [0.1, 0.15) is 0 Å². The molecule has 102 valence electrons. The third-order valence-electron chi connectivity index (χ3n) is 2.96. The Hall–Kier alpha value is -2.45. The Labute approximate surface area is 115 Å². The van der Waals surface area contributed by atoms with Crippen LogP contribution < -0.4 is 11.3 Å². The molecule has 3 aromatic rings. The predicted molar refractivity (Wildman–Crippen MR) is 72.1 cm³/mol. The molecule has 0 bridgehead atoms. The lowest BCUT2D eigenvalue weighted by atomic mass is 10.1. The number of aryl methyl sites for hydroxylation is 1. The zero-order valence-corrected chi connectivity index (χ0v) is 10.9. The summed E-state index contributed by atoms with van der Waals surface area (Å²) in [5.74, 6) is 6.21. The summed E-state index contributed by atoms with van der Waals surface area (Å²) in [6.45, 7) is 0. The van der Waals surface area contributed by atoms with Gasteiger partial charge in [0.15, 0.2) is 5.82 Å². The SMILES string of the molecule is Cn1nnc(CC(NN)c2cnc3ccccc3n2)n1. The zero-order chi connectivity index (χ0) is 13.9. The van der Waals surface area contributed by atoms with Crippen LogP contribution in [0.25, 0.3) is 11.0 Å². The van der Waals surface area contributed by atoms with Crippen molar-refractivity contribution in [2.75, 3.05) is 0 Å². The van der Waals surface area contributed by atoms with Gasteiger partial charge in [0.2, 0.25) is 0 Å². The van der Waals surface area contributed by atoms with Crippen molar-refractivity contribution in [1.29, 1.82) is 0 Å². The monoisotopic (exact) mass is 270 g/mol. The predicted octanol–water partition coefficient (Wildman–Crippen LogP) is -0.0996. The summed E-state index contributed by atoms with van der Waals surface area (Å²) in [5.41, 5.74) is 5.15. The minimum absolute atomic E-state index is 0.212. The van der Waals surface area contributed by atoms with E-state index in [1.54, 1.807) is 13.2 Å². The van der Waals surface area contributed by atoms with Gasteiger partial charge in [-0.15, -0.1) is 10.2 Å². The molecule has 2 heterocycles. The molecule has 20 heavy (non-hydrogen) atoms. The second-order valence-corrected chi connectivity index (χ2v) is 4.40. The Kier molecular flexibility index (Phi) is 3.32. The van der Waals surface area contributed by atoms with E-state index in [1.165, 1.54) is 4.80 Å². The minimum atomic E-state index is -0.212. The van der Waals surface area contributed by atoms with E-state index in [1.807, 2.05) is 24.3 Å². The summed E-state index contributed by atoms with van der Waals surface area (Å²) in [6, 6.07) is 7.48. The quantitative estimate of drug-likeness (QED) is 0.503. The van der Waals surface area contributed by atoms with Crippen molar-refractivity contribution in [3.05, 3.63) is 42.0 Å². The molecule has 3 rings (SSSR count). The molecule has 0 amide bonds. The van der Waals surface area contributed by atoms with E-state index in [0.29, 0.717) is 12.2 Å². The lowest BCUT2D eigenvalue weighted by Crippen LogP contribution is -2.30. The number of nitrogens with one attached hydrogen (secondary N) is 1. The van der Waals surface area contributed by atoms with Crippen LogP contribution in [0.4, 0.5) is 0 Å². The first-order chi connectivity index (χ1) is 9.76. The van der Waals surface area contributed by atoms with Crippen molar-refractivity contribution in [2.45, 2.75) is 12.5 Å². The Balaban J connectivity index is 1.90. The fourth-order valence-electron chi connectivity index (χ4n) is 1.98. The molecule has 1 atom stereocenters. The number of hydrogen-bond acceptors (Lipinski definition) is 7. The van der Waals surface area contributed by atoms with Crippen LogP contribution >= 0.6 is 0 Å². The van der Waals surface area contributed by atoms with E-state index in [2.05, 4.69) is 30.8 Å². The van der Waals surface area contributed by atoms with Gasteiger partial charge in [0, 0.05) is 6.42 Å². The van der Waals surface area contributed by atoms with Crippen molar-refractivity contribution >= 4 is 11.0 Å². The van der Waals surface area contributed by atoms with Crippen molar-refractivity contribution < 1.29 is 0 Å². The van der Waals surface area contributed by atoms with E-state index < -0.39 is 0 Å². The molecule has 0 spiro atoms. The lowest BCUT2D eigenvalue weighted by molar-refractivity contribution is 0.524. The normalized spacial score (nSPS) is 12.7. The third-order valence-corrected chi connectivity index (χ3v) is 2.96. The topological polar surface area (TPSA) is 107 Å². The number of para-hydroxylation sites is 2. The first-order valence-electron chi connectivity index (χ1n) is 6.17. The molecule has 2 aromatic heterocycles. The maximum atomic E-state index is 5.60. The van der Waals surface area contributed by atoms with Crippen LogP contribution in [0.3, 0.4) is 0 Å². The summed E-state index contributed by atoms with van der Waals surface area (Å²) in [4.78, 5) is 10.4. The van der Waals surface area contributed by atoms with Crippen molar-refractivity contribution in [1.82, 2.24) is 35.6 Å². The van der Waals surface area contributed by atoms with Crippen LogP contribution in [-0.2, 0) is 13.5 Å². The van der Waals surface area contributed by atoms with Crippen LogP contribution in [0.15, 0.2) is 30.5 Å². The molecule has 0 saturated heterocycles. The molecule has 0 saturated carbocycles. The fourth-order valence-corrected chi connectivity index (χ4v) is 1.98. The second-order valence-electron chi connectivity index (χ2n) is 4.40. The lowest BCUT2D eigenvalue weighted by Gasteiger charge is -2.13. The molecule has 8 heteroatoms. The molecule has 0 fully saturated rings. The number of nitrogens with zero attached hydrogens (tertiary/aromatic N) is 6. The van der Waals surface area contributed by atoms with Crippen molar-refractivity contribution in [2.24, 2.45) is 12.9 Å². The van der Waals surface area contributed by atoms with Gasteiger partial charge in [0.05, 0.1) is 36.0 Å². The highest BCUT2D eigenvalue weighted by molar-refractivity contribution is 5.73. The van der Waals surface area contributed by atoms with Gasteiger partial charge in [0.25, 0.3) is 0 Å². The molecule has 8 nitrogen and oxygen atoms in total. The van der Waals surface area contributed by atoms with Gasteiger partial charge in [-0.05, 0) is 17.3 Å². The summed E-state index contributed by atoms with van der Waals surface area (Å²) in [7, 11) is 1.72. The van der Waals surface area contributed by atoms with E-state index in [9.17, 15) is 0 Å². The molecule has 3 N–H and O–H groups in total. The van der Waals surface area contributed by atoms with Crippen LogP contribution in [0.1, 0.15) is 17.6 Å². The number of hydrazine groups is 1. The summed E-state index contributed by atoms with van der Waals surface area (Å²) in [5, 5.41) is 11.9. The maximum absolute atomic E-state index is 5.60. The molecular formula is C12H14N8. The van der Waals surface area contributed by atoms with Gasteiger partial charge in [-0.25, -0.2) is 4.98 Å². The van der Waals surface area contributed by atoms with Gasteiger partial charge >= 0.3 is 0 Å². The highest BCUT2D eigenvalue weighted by Crippen LogP contribution is 2.16. The second kappa shape index (κ2) is 5.27. The highest BCUT2D eigenvalue weighted by atomic mass is 15.6. The van der Waals surface area contributed by atoms with Crippen molar-refractivity contribution in [3.8, 4) is 0 Å². The average Bonchev–Trinajstić information content (AvgIpc) is 2.89. The zero-order valence-electron chi connectivity index (χ0n) is 10.9. The first kappa shape index (κ1) is 12.6. The Morgan fingerprint density at radius 1 is 1.30 bits per heavy atom. The number of rotatable bonds is 4. The van der Waals surface area contributed by atoms with Crippen molar-refractivity contribution in [3.63, 3.8) is 0 Å². The van der Waals surface area contributed by atoms with Crippen LogP contribution in [-0.4, -0.2) is 30.2 Å². The highest BCUT2D eigenvalue weighted by Gasteiger charge is 2.16. The molecular weight excluding hydrogens is 256 g/mol. The smallest absolute Gasteiger partial charge is 0.176 e. The number of benzene rings is 1. The molecule has 1 aromatic carbocycles. The molecule has 0 aliphatic rings. The maximum Gasteiger partial charge on any atom is 0.176 e. The Morgan fingerprint density at radius 3 is 2.80 bits per heavy atom.